The summed E-state index contributed by atoms with van der Waals surface area (Å²) in [6.07, 6.45) is 0. The van der Waals surface area contributed by atoms with Crippen molar-refractivity contribution in [2.24, 2.45) is 5.73 Å². The standard InChI is InChI=1S/C9H12FNO/c1-6-3-7(5-11)9(12-2)8(10)4-6/h3-4H,5,11H2,1-2H3. The second kappa shape index (κ2) is 3.54. The number of halogens is 1. The average Bonchev–Trinajstić information content (AvgIpc) is 2.03. The van der Waals surface area contributed by atoms with Gasteiger partial charge in [-0.2, -0.15) is 0 Å². The third-order valence-corrected chi connectivity index (χ3v) is 1.69. The van der Waals surface area contributed by atoms with E-state index in [2.05, 4.69) is 0 Å². The lowest BCUT2D eigenvalue weighted by atomic mass is 10.1. The predicted octanol–water partition coefficient (Wildman–Crippen LogP) is 1.60. The van der Waals surface area contributed by atoms with Gasteiger partial charge < -0.3 is 10.5 Å². The van der Waals surface area contributed by atoms with Crippen molar-refractivity contribution in [1.29, 1.82) is 0 Å². The maximum Gasteiger partial charge on any atom is 0.165 e. The maximum atomic E-state index is 13.1. The van der Waals surface area contributed by atoms with Gasteiger partial charge >= 0.3 is 0 Å². The highest BCUT2D eigenvalue weighted by Crippen LogP contribution is 2.23. The normalized spacial score (nSPS) is 10.0. The monoisotopic (exact) mass is 169 g/mol. The summed E-state index contributed by atoms with van der Waals surface area (Å²) in [5, 5.41) is 0. The lowest BCUT2D eigenvalue weighted by molar-refractivity contribution is 0.381. The zero-order valence-corrected chi connectivity index (χ0v) is 7.23. The number of hydrogen-bond acceptors (Lipinski definition) is 2. The number of hydrogen-bond donors (Lipinski definition) is 1. The average molecular weight is 169 g/mol. The van der Waals surface area contributed by atoms with Crippen LogP contribution in [0.25, 0.3) is 0 Å². The summed E-state index contributed by atoms with van der Waals surface area (Å²) in [5.41, 5.74) is 6.98. The Labute approximate surface area is 71.1 Å². The van der Waals surface area contributed by atoms with E-state index in [-0.39, 0.29) is 11.6 Å². The second-order valence-corrected chi connectivity index (χ2v) is 2.64. The molecule has 0 spiro atoms. The highest BCUT2D eigenvalue weighted by molar-refractivity contribution is 5.38. The summed E-state index contributed by atoms with van der Waals surface area (Å²) in [5.74, 6) is -0.0962. The summed E-state index contributed by atoms with van der Waals surface area (Å²) >= 11 is 0. The van der Waals surface area contributed by atoms with Gasteiger partial charge in [-0.15, -0.1) is 0 Å². The van der Waals surface area contributed by atoms with Gasteiger partial charge in [-0.1, -0.05) is 6.07 Å². The first kappa shape index (κ1) is 9.00. The van der Waals surface area contributed by atoms with Crippen LogP contribution in [0, 0.1) is 12.7 Å². The summed E-state index contributed by atoms with van der Waals surface area (Å²) in [4.78, 5) is 0. The Morgan fingerprint density at radius 2 is 2.17 bits per heavy atom. The Bertz CT molecular complexity index is 286. The SMILES string of the molecule is COc1c(F)cc(C)cc1CN. The molecule has 0 unspecified atom stereocenters. The Hall–Kier alpha value is -1.09. The van der Waals surface area contributed by atoms with Crippen molar-refractivity contribution >= 4 is 0 Å². The fourth-order valence-electron chi connectivity index (χ4n) is 1.18. The molecule has 12 heavy (non-hydrogen) atoms. The van der Waals surface area contributed by atoms with Crippen LogP contribution in [-0.2, 0) is 6.54 Å². The minimum absolute atomic E-state index is 0.253. The Kier molecular flexibility index (Phi) is 2.65. The van der Waals surface area contributed by atoms with Gasteiger partial charge in [0.1, 0.15) is 0 Å². The van der Waals surface area contributed by atoms with Gasteiger partial charge in [0.2, 0.25) is 0 Å². The van der Waals surface area contributed by atoms with Crippen LogP contribution in [0.15, 0.2) is 12.1 Å². The van der Waals surface area contributed by atoms with Crippen LogP contribution in [-0.4, -0.2) is 7.11 Å². The van der Waals surface area contributed by atoms with E-state index in [4.69, 9.17) is 10.5 Å². The molecule has 2 N–H and O–H groups in total. The molecule has 0 aliphatic rings. The van der Waals surface area contributed by atoms with Gasteiger partial charge in [0.25, 0.3) is 0 Å². The van der Waals surface area contributed by atoms with Crippen LogP contribution in [0.2, 0.25) is 0 Å². The summed E-state index contributed by atoms with van der Waals surface area (Å²) < 4.78 is 18.0. The lowest BCUT2D eigenvalue weighted by Gasteiger charge is -2.08. The minimum Gasteiger partial charge on any atom is -0.493 e. The van der Waals surface area contributed by atoms with Crippen molar-refractivity contribution in [2.75, 3.05) is 7.11 Å². The molecule has 0 aliphatic heterocycles. The van der Waals surface area contributed by atoms with Gasteiger partial charge in [-0.05, 0) is 18.6 Å². The molecule has 0 bridgehead atoms. The highest BCUT2D eigenvalue weighted by atomic mass is 19.1. The fraction of sp³-hybridized carbons (Fsp3) is 0.333. The molecule has 1 rings (SSSR count). The zero-order chi connectivity index (χ0) is 9.14. The first-order chi connectivity index (χ1) is 5.69. The van der Waals surface area contributed by atoms with Gasteiger partial charge in [-0.3, -0.25) is 0 Å². The molecular formula is C9H12FNO. The smallest absolute Gasteiger partial charge is 0.165 e. The molecule has 1 aromatic rings. The topological polar surface area (TPSA) is 35.2 Å². The van der Waals surface area contributed by atoms with E-state index in [0.29, 0.717) is 12.1 Å². The van der Waals surface area contributed by atoms with Crippen LogP contribution < -0.4 is 10.5 Å². The number of methoxy groups -OCH3 is 1. The van der Waals surface area contributed by atoms with E-state index < -0.39 is 0 Å². The number of benzene rings is 1. The Balaban J connectivity index is 3.24. The third kappa shape index (κ3) is 1.56. The number of nitrogens with two attached hydrogens (primary N) is 1. The van der Waals surface area contributed by atoms with Crippen LogP contribution >= 0.6 is 0 Å². The summed E-state index contributed by atoms with van der Waals surface area (Å²) in [7, 11) is 1.44. The lowest BCUT2D eigenvalue weighted by Crippen LogP contribution is -2.02. The summed E-state index contributed by atoms with van der Waals surface area (Å²) in [6, 6.07) is 3.25. The van der Waals surface area contributed by atoms with Gasteiger partial charge in [-0.25, -0.2) is 4.39 Å². The van der Waals surface area contributed by atoms with E-state index in [1.807, 2.05) is 13.0 Å². The van der Waals surface area contributed by atoms with Crippen LogP contribution in [0.3, 0.4) is 0 Å². The van der Waals surface area contributed by atoms with Gasteiger partial charge in [0.15, 0.2) is 11.6 Å². The van der Waals surface area contributed by atoms with Crippen molar-refractivity contribution in [2.45, 2.75) is 13.5 Å². The van der Waals surface area contributed by atoms with Crippen molar-refractivity contribution in [1.82, 2.24) is 0 Å². The predicted molar refractivity (Wildman–Crippen MR) is 45.6 cm³/mol. The van der Waals surface area contributed by atoms with Crippen molar-refractivity contribution in [3.63, 3.8) is 0 Å². The van der Waals surface area contributed by atoms with E-state index >= 15 is 0 Å². The molecule has 1 aromatic carbocycles. The third-order valence-electron chi connectivity index (χ3n) is 1.69. The molecular weight excluding hydrogens is 157 g/mol. The van der Waals surface area contributed by atoms with E-state index in [1.54, 1.807) is 0 Å². The number of ether oxygens (including phenoxy) is 1. The number of aryl methyl sites for hydroxylation is 1. The fourth-order valence-corrected chi connectivity index (χ4v) is 1.18. The summed E-state index contributed by atoms with van der Waals surface area (Å²) in [6.45, 7) is 2.11. The van der Waals surface area contributed by atoms with Crippen LogP contribution in [0.4, 0.5) is 4.39 Å². The molecule has 0 atom stereocenters. The molecule has 0 fully saturated rings. The molecule has 2 nitrogen and oxygen atoms in total. The van der Waals surface area contributed by atoms with Crippen LogP contribution in [0.5, 0.6) is 5.75 Å². The largest absolute Gasteiger partial charge is 0.493 e. The van der Waals surface area contributed by atoms with Gasteiger partial charge in [0, 0.05) is 12.1 Å². The molecule has 0 saturated carbocycles. The van der Waals surface area contributed by atoms with E-state index in [0.717, 1.165) is 5.56 Å². The molecule has 0 amide bonds. The quantitative estimate of drug-likeness (QED) is 0.729. The van der Waals surface area contributed by atoms with Crippen molar-refractivity contribution in [3.8, 4) is 5.75 Å². The second-order valence-electron chi connectivity index (χ2n) is 2.64. The first-order valence-corrected chi connectivity index (χ1v) is 3.72. The number of rotatable bonds is 2. The van der Waals surface area contributed by atoms with E-state index in [1.165, 1.54) is 13.2 Å². The molecule has 3 heteroatoms. The molecule has 0 saturated heterocycles. The van der Waals surface area contributed by atoms with Crippen LogP contribution in [0.1, 0.15) is 11.1 Å². The zero-order valence-electron chi connectivity index (χ0n) is 7.23. The first-order valence-electron chi connectivity index (χ1n) is 3.72. The molecule has 0 aromatic heterocycles. The molecule has 0 heterocycles. The Morgan fingerprint density at radius 3 is 2.67 bits per heavy atom. The highest BCUT2D eigenvalue weighted by Gasteiger charge is 2.07. The molecule has 0 radical (unpaired) electrons. The van der Waals surface area contributed by atoms with Crippen molar-refractivity contribution in [3.05, 3.63) is 29.1 Å². The maximum absolute atomic E-state index is 13.1. The van der Waals surface area contributed by atoms with Crippen molar-refractivity contribution < 1.29 is 9.13 Å². The molecule has 66 valence electrons. The molecule has 0 aliphatic carbocycles. The van der Waals surface area contributed by atoms with Gasteiger partial charge in [0.05, 0.1) is 7.11 Å². The van der Waals surface area contributed by atoms with E-state index in [9.17, 15) is 4.39 Å². The Morgan fingerprint density at radius 1 is 1.50 bits per heavy atom. The minimum atomic E-state index is -0.349.